The molecular formula is C17H25F3O2S. The largest absolute Gasteiger partial charge is 0.228 e. The summed E-state index contributed by atoms with van der Waals surface area (Å²) >= 11 is 0. The minimum Gasteiger partial charge on any atom is -0.228 e. The Balaban J connectivity index is 2.26. The predicted molar refractivity (Wildman–Crippen MR) is 86.6 cm³/mol. The summed E-state index contributed by atoms with van der Waals surface area (Å²) in [5, 5.41) is 0. The molecule has 23 heavy (non-hydrogen) atoms. The maximum absolute atomic E-state index is 13.5. The number of benzene rings is 1. The molecule has 1 aromatic carbocycles. The second kappa shape index (κ2) is 8.18. The molecule has 0 aliphatic heterocycles. The van der Waals surface area contributed by atoms with Crippen molar-refractivity contribution in [1.82, 2.24) is 0 Å². The third-order valence-corrected chi connectivity index (χ3v) is 6.60. The molecule has 0 saturated carbocycles. The van der Waals surface area contributed by atoms with Gasteiger partial charge in [-0.25, -0.2) is 21.6 Å². The average Bonchev–Trinajstić information content (AvgIpc) is 2.44. The molecule has 0 aliphatic carbocycles. The Morgan fingerprint density at radius 3 is 2.04 bits per heavy atom. The van der Waals surface area contributed by atoms with Gasteiger partial charge in [0.1, 0.15) is 0 Å². The van der Waals surface area contributed by atoms with E-state index in [1.807, 2.05) is 0 Å². The highest BCUT2D eigenvalue weighted by atomic mass is 32.2. The standard InChI is InChI=1S/C17H25F3O2S/c1-17(2,3)23(21,22)12-8-6-4-5-7-9-13-10-11-14(18)16(20)15(13)19/h10-11H,4-9,12H2,1-3H3. The molecule has 0 aromatic heterocycles. The van der Waals surface area contributed by atoms with Gasteiger partial charge in [-0.05, 0) is 51.7 Å². The minimum atomic E-state index is -3.07. The Hall–Kier alpha value is -1.04. The number of rotatable bonds is 8. The van der Waals surface area contributed by atoms with Gasteiger partial charge < -0.3 is 0 Å². The molecular weight excluding hydrogens is 325 g/mol. The van der Waals surface area contributed by atoms with Crippen LogP contribution in [0.2, 0.25) is 0 Å². The van der Waals surface area contributed by atoms with Crippen LogP contribution in [0.4, 0.5) is 13.2 Å². The fourth-order valence-electron chi connectivity index (χ4n) is 2.20. The van der Waals surface area contributed by atoms with Gasteiger partial charge in [-0.2, -0.15) is 0 Å². The van der Waals surface area contributed by atoms with Crippen molar-refractivity contribution in [2.45, 2.75) is 64.0 Å². The summed E-state index contributed by atoms with van der Waals surface area (Å²) in [5.74, 6) is -3.53. The van der Waals surface area contributed by atoms with Crippen molar-refractivity contribution in [1.29, 1.82) is 0 Å². The molecule has 0 N–H and O–H groups in total. The molecule has 0 atom stereocenters. The van der Waals surface area contributed by atoms with Crippen molar-refractivity contribution in [3.63, 3.8) is 0 Å². The van der Waals surface area contributed by atoms with Crippen LogP contribution in [0, 0.1) is 17.5 Å². The fourth-order valence-corrected chi connectivity index (χ4v) is 3.40. The average molecular weight is 350 g/mol. The highest BCUT2D eigenvalue weighted by Crippen LogP contribution is 2.19. The molecule has 0 amide bonds. The van der Waals surface area contributed by atoms with Crippen LogP contribution in [0.3, 0.4) is 0 Å². The van der Waals surface area contributed by atoms with E-state index in [4.69, 9.17) is 0 Å². The van der Waals surface area contributed by atoms with E-state index in [1.54, 1.807) is 20.8 Å². The number of sulfone groups is 1. The normalized spacial score (nSPS) is 12.6. The van der Waals surface area contributed by atoms with Gasteiger partial charge in [0, 0.05) is 0 Å². The molecule has 1 rings (SSSR count). The first-order chi connectivity index (χ1) is 10.6. The number of halogens is 3. The quantitative estimate of drug-likeness (QED) is 0.498. The van der Waals surface area contributed by atoms with Crippen LogP contribution in [0.5, 0.6) is 0 Å². The Kier molecular flexibility index (Phi) is 7.11. The maximum atomic E-state index is 13.5. The van der Waals surface area contributed by atoms with E-state index in [-0.39, 0.29) is 11.3 Å². The third kappa shape index (κ3) is 5.83. The lowest BCUT2D eigenvalue weighted by Crippen LogP contribution is -2.30. The molecule has 0 radical (unpaired) electrons. The summed E-state index contributed by atoms with van der Waals surface area (Å²) < 4.78 is 62.4. The number of aryl methyl sites for hydroxylation is 1. The van der Waals surface area contributed by atoms with E-state index in [2.05, 4.69) is 0 Å². The van der Waals surface area contributed by atoms with E-state index in [0.29, 0.717) is 19.3 Å². The molecule has 1 aromatic rings. The van der Waals surface area contributed by atoms with E-state index in [1.165, 1.54) is 6.07 Å². The monoisotopic (exact) mass is 350 g/mol. The molecule has 0 heterocycles. The number of unbranched alkanes of at least 4 members (excludes halogenated alkanes) is 4. The number of hydrogen-bond donors (Lipinski definition) is 0. The van der Waals surface area contributed by atoms with Crippen molar-refractivity contribution in [2.24, 2.45) is 0 Å². The van der Waals surface area contributed by atoms with Crippen LogP contribution >= 0.6 is 0 Å². The van der Waals surface area contributed by atoms with Crippen molar-refractivity contribution < 1.29 is 21.6 Å². The number of hydrogen-bond acceptors (Lipinski definition) is 2. The third-order valence-electron chi connectivity index (χ3n) is 3.91. The zero-order valence-corrected chi connectivity index (χ0v) is 14.8. The first-order valence-corrected chi connectivity index (χ1v) is 9.56. The van der Waals surface area contributed by atoms with E-state index in [9.17, 15) is 21.6 Å². The maximum Gasteiger partial charge on any atom is 0.194 e. The summed E-state index contributed by atoms with van der Waals surface area (Å²) in [6, 6.07) is 2.20. The molecule has 0 spiro atoms. The second-order valence-electron chi connectivity index (χ2n) is 6.78. The molecule has 0 unspecified atom stereocenters. The van der Waals surface area contributed by atoms with Crippen molar-refractivity contribution in [3.8, 4) is 0 Å². The Morgan fingerprint density at radius 1 is 0.870 bits per heavy atom. The summed E-state index contributed by atoms with van der Waals surface area (Å²) in [6.07, 6.45) is 4.05. The lowest BCUT2D eigenvalue weighted by atomic mass is 10.0. The highest BCUT2D eigenvalue weighted by Gasteiger charge is 2.27. The van der Waals surface area contributed by atoms with Crippen molar-refractivity contribution in [2.75, 3.05) is 5.75 Å². The zero-order chi connectivity index (χ0) is 17.7. The van der Waals surface area contributed by atoms with Gasteiger partial charge in [0.25, 0.3) is 0 Å². The van der Waals surface area contributed by atoms with Crippen LogP contribution in [0.1, 0.15) is 58.4 Å². The lowest BCUT2D eigenvalue weighted by Gasteiger charge is -2.18. The first kappa shape index (κ1) is 20.0. The van der Waals surface area contributed by atoms with Crippen LogP contribution < -0.4 is 0 Å². The van der Waals surface area contributed by atoms with Gasteiger partial charge in [-0.15, -0.1) is 0 Å². The van der Waals surface area contributed by atoms with Gasteiger partial charge in [-0.1, -0.05) is 25.3 Å². The minimum absolute atomic E-state index is 0.175. The van der Waals surface area contributed by atoms with E-state index >= 15 is 0 Å². The summed E-state index contributed by atoms with van der Waals surface area (Å²) in [6.45, 7) is 5.08. The van der Waals surface area contributed by atoms with Gasteiger partial charge in [-0.3, -0.25) is 0 Å². The van der Waals surface area contributed by atoms with Crippen molar-refractivity contribution in [3.05, 3.63) is 35.1 Å². The lowest BCUT2D eigenvalue weighted by molar-refractivity contribution is 0.439. The van der Waals surface area contributed by atoms with Crippen LogP contribution in [0.15, 0.2) is 12.1 Å². The van der Waals surface area contributed by atoms with Gasteiger partial charge in [0.05, 0.1) is 10.5 Å². The fraction of sp³-hybridized carbons (Fsp3) is 0.647. The molecule has 132 valence electrons. The SMILES string of the molecule is CC(C)(C)S(=O)(=O)CCCCCCCc1ccc(F)c(F)c1F. The predicted octanol–water partition coefficient (Wildman–Crippen LogP) is 4.81. The van der Waals surface area contributed by atoms with Gasteiger partial charge in [0.2, 0.25) is 0 Å². The van der Waals surface area contributed by atoms with Gasteiger partial charge >= 0.3 is 0 Å². The summed E-state index contributed by atoms with van der Waals surface area (Å²) in [5.41, 5.74) is 0.180. The molecule has 2 nitrogen and oxygen atoms in total. The molecule has 0 bridgehead atoms. The molecule has 0 aliphatic rings. The van der Waals surface area contributed by atoms with Gasteiger partial charge in [0.15, 0.2) is 27.3 Å². The van der Waals surface area contributed by atoms with E-state index < -0.39 is 32.0 Å². The Morgan fingerprint density at radius 2 is 1.43 bits per heavy atom. The van der Waals surface area contributed by atoms with Crippen LogP contribution in [-0.2, 0) is 16.3 Å². The zero-order valence-electron chi connectivity index (χ0n) is 14.0. The Labute approximate surface area is 137 Å². The molecule has 6 heteroatoms. The Bertz CT molecular complexity index is 619. The van der Waals surface area contributed by atoms with Crippen LogP contribution in [-0.4, -0.2) is 18.9 Å². The van der Waals surface area contributed by atoms with E-state index in [0.717, 1.165) is 25.3 Å². The van der Waals surface area contributed by atoms with Crippen molar-refractivity contribution >= 4 is 9.84 Å². The first-order valence-electron chi connectivity index (χ1n) is 7.91. The second-order valence-corrected chi connectivity index (χ2v) is 9.65. The smallest absolute Gasteiger partial charge is 0.194 e. The highest BCUT2D eigenvalue weighted by molar-refractivity contribution is 7.92. The molecule has 0 fully saturated rings. The topological polar surface area (TPSA) is 34.1 Å². The summed E-state index contributed by atoms with van der Waals surface area (Å²) in [7, 11) is -3.07. The van der Waals surface area contributed by atoms with Crippen LogP contribution in [0.25, 0.3) is 0 Å². The molecule has 0 saturated heterocycles. The summed E-state index contributed by atoms with van der Waals surface area (Å²) in [4.78, 5) is 0.